The third-order valence-corrected chi connectivity index (χ3v) is 3.25. The number of hydrogen-bond donors (Lipinski definition) is 1. The Morgan fingerprint density at radius 3 is 2.61 bits per heavy atom. The minimum Gasteiger partial charge on any atom is -0.354 e. The van der Waals surface area contributed by atoms with Crippen molar-refractivity contribution >= 4 is 38.9 Å². The maximum Gasteiger partial charge on any atom is 0.139 e. The zero-order valence-electron chi connectivity index (χ0n) is 9.05. The lowest BCUT2D eigenvalue weighted by molar-refractivity contribution is 0.622. The normalized spacial score (nSPS) is 9.89. The van der Waals surface area contributed by atoms with Gasteiger partial charge in [-0.3, -0.25) is 0 Å². The molecule has 0 aliphatic rings. The number of nitrogens with zero attached hydrogens (tertiary/aromatic N) is 1. The lowest BCUT2D eigenvalue weighted by Crippen LogP contribution is -1.92. The minimum absolute atomic E-state index is 0.357. The van der Waals surface area contributed by atoms with Crippen LogP contribution in [-0.2, 0) is 0 Å². The number of nitrogens with one attached hydrogen (secondary N) is 1. The first kappa shape index (κ1) is 12.9. The van der Waals surface area contributed by atoms with Crippen molar-refractivity contribution in [3.63, 3.8) is 0 Å². The van der Waals surface area contributed by atoms with Crippen LogP contribution in [0.5, 0.6) is 0 Å². The van der Waals surface area contributed by atoms with Crippen LogP contribution in [0.1, 0.15) is 5.56 Å². The Morgan fingerprint density at radius 2 is 2.00 bits per heavy atom. The second-order valence-corrected chi connectivity index (χ2v) is 4.82. The molecule has 5 heteroatoms. The van der Waals surface area contributed by atoms with E-state index in [0.717, 1.165) is 0 Å². The first-order chi connectivity index (χ1) is 8.60. The van der Waals surface area contributed by atoms with Crippen LogP contribution >= 0.6 is 27.5 Å². The van der Waals surface area contributed by atoms with E-state index in [1.54, 1.807) is 30.3 Å². The molecule has 2 rings (SSSR count). The van der Waals surface area contributed by atoms with Gasteiger partial charge in [0.05, 0.1) is 26.8 Å². The fourth-order valence-corrected chi connectivity index (χ4v) is 1.89. The Labute approximate surface area is 117 Å². The fraction of sp³-hybridized carbons (Fsp3) is 0. The Hall–Kier alpha value is -1.57. The van der Waals surface area contributed by atoms with Crippen LogP contribution in [0.25, 0.3) is 0 Å². The Balaban J connectivity index is 2.29. The third-order valence-electron chi connectivity index (χ3n) is 2.30. The van der Waals surface area contributed by atoms with Crippen LogP contribution in [0, 0.1) is 17.1 Å². The van der Waals surface area contributed by atoms with E-state index in [1.807, 2.05) is 6.07 Å². The van der Waals surface area contributed by atoms with Gasteiger partial charge in [0.15, 0.2) is 0 Å². The molecule has 0 aromatic heterocycles. The number of benzene rings is 2. The highest BCUT2D eigenvalue weighted by atomic mass is 79.9. The molecular weight excluding hydrogens is 319 g/mol. The van der Waals surface area contributed by atoms with Crippen molar-refractivity contribution in [3.8, 4) is 6.07 Å². The van der Waals surface area contributed by atoms with Gasteiger partial charge in [0, 0.05) is 5.69 Å². The van der Waals surface area contributed by atoms with E-state index in [2.05, 4.69) is 21.2 Å². The van der Waals surface area contributed by atoms with Crippen LogP contribution in [0.15, 0.2) is 40.9 Å². The van der Waals surface area contributed by atoms with E-state index in [0.29, 0.717) is 26.4 Å². The van der Waals surface area contributed by atoms with Crippen LogP contribution in [0.4, 0.5) is 15.8 Å². The first-order valence-electron chi connectivity index (χ1n) is 5.02. The van der Waals surface area contributed by atoms with Crippen molar-refractivity contribution in [2.75, 3.05) is 5.32 Å². The summed E-state index contributed by atoms with van der Waals surface area (Å²) in [4.78, 5) is 0. The summed E-state index contributed by atoms with van der Waals surface area (Å²) in [6.45, 7) is 0. The predicted octanol–water partition coefficient (Wildman–Crippen LogP) is 4.86. The van der Waals surface area contributed by atoms with Crippen molar-refractivity contribution in [1.29, 1.82) is 5.26 Å². The van der Waals surface area contributed by atoms with Gasteiger partial charge in [0.25, 0.3) is 0 Å². The largest absolute Gasteiger partial charge is 0.354 e. The molecule has 0 fully saturated rings. The minimum atomic E-state index is -0.357. The van der Waals surface area contributed by atoms with E-state index < -0.39 is 0 Å². The molecule has 0 heterocycles. The quantitative estimate of drug-likeness (QED) is 0.856. The molecule has 2 aromatic rings. The smallest absolute Gasteiger partial charge is 0.139 e. The zero-order chi connectivity index (χ0) is 13.1. The summed E-state index contributed by atoms with van der Waals surface area (Å²) < 4.78 is 13.7. The summed E-state index contributed by atoms with van der Waals surface area (Å²) in [7, 11) is 0. The topological polar surface area (TPSA) is 35.8 Å². The molecule has 1 N–H and O–H groups in total. The van der Waals surface area contributed by atoms with Crippen LogP contribution in [0.3, 0.4) is 0 Å². The van der Waals surface area contributed by atoms with Gasteiger partial charge < -0.3 is 5.32 Å². The molecule has 0 aliphatic heterocycles. The van der Waals surface area contributed by atoms with Gasteiger partial charge in [-0.1, -0.05) is 11.6 Å². The average molecular weight is 326 g/mol. The number of halogens is 3. The van der Waals surface area contributed by atoms with Gasteiger partial charge in [0.1, 0.15) is 5.82 Å². The highest BCUT2D eigenvalue weighted by Crippen LogP contribution is 2.28. The molecular formula is C13H7BrClFN2. The van der Waals surface area contributed by atoms with E-state index in [9.17, 15) is 4.39 Å². The molecule has 0 unspecified atom stereocenters. The van der Waals surface area contributed by atoms with Gasteiger partial charge in [-0.05, 0) is 52.3 Å². The molecule has 0 radical (unpaired) electrons. The molecule has 0 saturated carbocycles. The lowest BCUT2D eigenvalue weighted by Gasteiger charge is -2.09. The zero-order valence-corrected chi connectivity index (χ0v) is 11.4. The number of nitriles is 1. The summed E-state index contributed by atoms with van der Waals surface area (Å²) in [6, 6.07) is 11.6. The third kappa shape index (κ3) is 2.81. The number of hydrogen-bond acceptors (Lipinski definition) is 2. The van der Waals surface area contributed by atoms with E-state index in [-0.39, 0.29) is 5.82 Å². The van der Waals surface area contributed by atoms with Gasteiger partial charge in [-0.25, -0.2) is 4.39 Å². The molecule has 0 atom stereocenters. The van der Waals surface area contributed by atoms with Crippen molar-refractivity contribution in [2.45, 2.75) is 0 Å². The molecule has 2 nitrogen and oxygen atoms in total. The SMILES string of the molecule is N#Cc1ccc(Nc2ccc(Br)c(F)c2)c(Cl)c1. The highest BCUT2D eigenvalue weighted by Gasteiger charge is 2.04. The molecule has 2 aromatic carbocycles. The molecule has 0 bridgehead atoms. The summed E-state index contributed by atoms with van der Waals surface area (Å²) in [5.41, 5.74) is 1.69. The summed E-state index contributed by atoms with van der Waals surface area (Å²) in [5.74, 6) is -0.357. The Bertz CT molecular complexity index is 637. The molecule has 0 spiro atoms. The summed E-state index contributed by atoms with van der Waals surface area (Å²) >= 11 is 9.10. The van der Waals surface area contributed by atoms with Gasteiger partial charge >= 0.3 is 0 Å². The van der Waals surface area contributed by atoms with Gasteiger partial charge in [-0.2, -0.15) is 5.26 Å². The number of anilines is 2. The maximum absolute atomic E-state index is 13.3. The van der Waals surface area contributed by atoms with Crippen molar-refractivity contribution < 1.29 is 4.39 Å². The first-order valence-corrected chi connectivity index (χ1v) is 6.19. The maximum atomic E-state index is 13.3. The molecule has 0 saturated heterocycles. The summed E-state index contributed by atoms with van der Waals surface area (Å²) in [5, 5.41) is 12.1. The number of rotatable bonds is 2. The fourth-order valence-electron chi connectivity index (χ4n) is 1.42. The predicted molar refractivity (Wildman–Crippen MR) is 73.5 cm³/mol. The van der Waals surface area contributed by atoms with Crippen LogP contribution < -0.4 is 5.32 Å². The van der Waals surface area contributed by atoms with Crippen LogP contribution in [-0.4, -0.2) is 0 Å². The van der Waals surface area contributed by atoms with E-state index >= 15 is 0 Å². The van der Waals surface area contributed by atoms with Crippen molar-refractivity contribution in [2.24, 2.45) is 0 Å². The second kappa shape index (κ2) is 5.38. The average Bonchev–Trinajstić information content (AvgIpc) is 2.36. The second-order valence-electron chi connectivity index (χ2n) is 3.56. The van der Waals surface area contributed by atoms with Gasteiger partial charge in [-0.15, -0.1) is 0 Å². The Morgan fingerprint density at radius 1 is 1.22 bits per heavy atom. The molecule has 0 amide bonds. The van der Waals surface area contributed by atoms with E-state index in [4.69, 9.17) is 16.9 Å². The molecule has 18 heavy (non-hydrogen) atoms. The van der Waals surface area contributed by atoms with E-state index in [1.165, 1.54) is 6.07 Å². The lowest BCUT2D eigenvalue weighted by atomic mass is 10.2. The van der Waals surface area contributed by atoms with Crippen LogP contribution in [0.2, 0.25) is 5.02 Å². The van der Waals surface area contributed by atoms with Crippen molar-refractivity contribution in [1.82, 2.24) is 0 Å². The van der Waals surface area contributed by atoms with Crippen molar-refractivity contribution in [3.05, 3.63) is 57.3 Å². The monoisotopic (exact) mass is 324 g/mol. The highest BCUT2D eigenvalue weighted by molar-refractivity contribution is 9.10. The molecule has 0 aliphatic carbocycles. The molecule has 90 valence electrons. The standard InChI is InChI=1S/C13H7BrClFN2/c14-10-3-2-9(6-12(10)16)18-13-4-1-8(7-17)5-11(13)15/h1-6,18H. The Kier molecular flexibility index (Phi) is 3.85. The summed E-state index contributed by atoms with van der Waals surface area (Å²) in [6.07, 6.45) is 0. The van der Waals surface area contributed by atoms with Gasteiger partial charge in [0.2, 0.25) is 0 Å².